The first-order valence-electron chi connectivity index (χ1n) is 7.65. The summed E-state index contributed by atoms with van der Waals surface area (Å²) in [5.41, 5.74) is 2.23. The van der Waals surface area contributed by atoms with Gasteiger partial charge in [-0.1, -0.05) is 30.4 Å². The van der Waals surface area contributed by atoms with Crippen molar-refractivity contribution in [2.45, 2.75) is 64.8 Å². The molecule has 20 heavy (non-hydrogen) atoms. The second kappa shape index (κ2) is 6.42. The summed E-state index contributed by atoms with van der Waals surface area (Å²) in [6, 6.07) is 0.228. The van der Waals surface area contributed by atoms with E-state index in [-0.39, 0.29) is 11.9 Å². The summed E-state index contributed by atoms with van der Waals surface area (Å²) in [4.78, 5) is 23.7. The summed E-state index contributed by atoms with van der Waals surface area (Å²) in [6.07, 6.45) is 6.55. The Labute approximate surface area is 120 Å². The van der Waals surface area contributed by atoms with Crippen molar-refractivity contribution in [1.82, 2.24) is 5.32 Å². The Morgan fingerprint density at radius 1 is 1.00 bits per heavy atom. The highest BCUT2D eigenvalue weighted by Crippen LogP contribution is 2.34. The molecule has 2 atom stereocenters. The fourth-order valence-corrected chi connectivity index (χ4v) is 3.37. The van der Waals surface area contributed by atoms with Gasteiger partial charge in [-0.25, -0.2) is 0 Å². The van der Waals surface area contributed by atoms with Gasteiger partial charge in [0.25, 0.3) is 0 Å². The fraction of sp³-hybridized carbons (Fsp3) is 0.750. The van der Waals surface area contributed by atoms with Crippen LogP contribution in [0.5, 0.6) is 0 Å². The van der Waals surface area contributed by atoms with E-state index in [9.17, 15) is 14.7 Å². The molecule has 1 N–H and O–H groups in total. The van der Waals surface area contributed by atoms with Gasteiger partial charge in [-0.2, -0.15) is 0 Å². The van der Waals surface area contributed by atoms with E-state index in [1.807, 2.05) is 13.8 Å². The summed E-state index contributed by atoms with van der Waals surface area (Å²) in [5, 5.41) is 14.4. The van der Waals surface area contributed by atoms with Gasteiger partial charge >= 0.3 is 0 Å². The maximum Gasteiger partial charge on any atom is 0.224 e. The van der Waals surface area contributed by atoms with Crippen molar-refractivity contribution >= 4 is 11.9 Å². The highest BCUT2D eigenvalue weighted by molar-refractivity contribution is 5.85. The molecule has 0 saturated heterocycles. The number of amides is 1. The number of allylic oxidation sites excluding steroid dienone is 2. The average molecular weight is 278 g/mol. The van der Waals surface area contributed by atoms with Crippen LogP contribution in [0.15, 0.2) is 11.1 Å². The number of nitrogens with one attached hydrogen (secondary N) is 1. The maximum absolute atomic E-state index is 12.4. The molecule has 2 aliphatic rings. The van der Waals surface area contributed by atoms with Gasteiger partial charge in [-0.15, -0.1) is 0 Å². The fourth-order valence-electron chi connectivity index (χ4n) is 3.37. The lowest BCUT2D eigenvalue weighted by Gasteiger charge is -2.34. The number of aliphatic carboxylic acids is 1. The van der Waals surface area contributed by atoms with Crippen molar-refractivity contribution in [3.63, 3.8) is 0 Å². The lowest BCUT2D eigenvalue weighted by atomic mass is 9.76. The van der Waals surface area contributed by atoms with E-state index < -0.39 is 17.8 Å². The van der Waals surface area contributed by atoms with E-state index >= 15 is 0 Å². The van der Waals surface area contributed by atoms with E-state index in [1.165, 1.54) is 6.42 Å². The zero-order valence-electron chi connectivity index (χ0n) is 12.4. The lowest BCUT2D eigenvalue weighted by Crippen LogP contribution is -2.47. The van der Waals surface area contributed by atoms with Crippen LogP contribution in [0.4, 0.5) is 0 Å². The van der Waals surface area contributed by atoms with Crippen LogP contribution in [-0.2, 0) is 9.59 Å². The number of carboxylic acid groups (broad SMARTS) is 1. The van der Waals surface area contributed by atoms with Crippen molar-refractivity contribution in [3.05, 3.63) is 11.1 Å². The van der Waals surface area contributed by atoms with Gasteiger partial charge in [0.2, 0.25) is 5.91 Å². The monoisotopic (exact) mass is 278 g/mol. The summed E-state index contributed by atoms with van der Waals surface area (Å²) < 4.78 is 0. The van der Waals surface area contributed by atoms with Gasteiger partial charge in [0.15, 0.2) is 0 Å². The standard InChI is InChI=1S/C16H25NO3/c1-10-8-13(14(16(19)20)9-11(10)2)15(18)17-12-6-4-3-5-7-12/h12-14H,3-9H2,1-2H3,(H,17,18)(H,19,20)/p-1/t13-,14+/m1/s1. The molecule has 1 saturated carbocycles. The van der Waals surface area contributed by atoms with Crippen molar-refractivity contribution in [2.24, 2.45) is 11.8 Å². The third-order valence-corrected chi connectivity index (χ3v) is 4.86. The Morgan fingerprint density at radius 2 is 1.55 bits per heavy atom. The highest BCUT2D eigenvalue weighted by Gasteiger charge is 2.34. The van der Waals surface area contributed by atoms with E-state index in [1.54, 1.807) is 0 Å². The number of carbonyl (C=O) groups is 2. The van der Waals surface area contributed by atoms with E-state index in [0.29, 0.717) is 12.8 Å². The molecule has 0 bridgehead atoms. The minimum absolute atomic E-state index is 0.0991. The summed E-state index contributed by atoms with van der Waals surface area (Å²) in [7, 11) is 0. The third kappa shape index (κ3) is 3.41. The topological polar surface area (TPSA) is 69.2 Å². The molecule has 0 spiro atoms. The van der Waals surface area contributed by atoms with E-state index in [4.69, 9.17) is 0 Å². The molecule has 0 aliphatic heterocycles. The Kier molecular flexibility index (Phi) is 4.84. The molecule has 0 aromatic heterocycles. The molecule has 0 aromatic carbocycles. The predicted molar refractivity (Wildman–Crippen MR) is 74.6 cm³/mol. The molecule has 0 aromatic rings. The number of hydrogen-bond acceptors (Lipinski definition) is 3. The zero-order chi connectivity index (χ0) is 14.7. The number of carboxylic acids is 1. The smallest absolute Gasteiger partial charge is 0.224 e. The van der Waals surface area contributed by atoms with Gasteiger partial charge in [0.1, 0.15) is 0 Å². The molecule has 112 valence electrons. The lowest BCUT2D eigenvalue weighted by molar-refractivity contribution is -0.313. The molecule has 4 heteroatoms. The van der Waals surface area contributed by atoms with Crippen LogP contribution in [0, 0.1) is 11.8 Å². The molecule has 0 radical (unpaired) electrons. The molecular weight excluding hydrogens is 254 g/mol. The van der Waals surface area contributed by atoms with Gasteiger partial charge in [0, 0.05) is 23.8 Å². The molecular formula is C16H24NO3-. The maximum atomic E-state index is 12.4. The normalized spacial score (nSPS) is 28.3. The second-order valence-electron chi connectivity index (χ2n) is 6.34. The number of carbonyl (C=O) groups excluding carboxylic acids is 2. The van der Waals surface area contributed by atoms with Crippen LogP contribution in [-0.4, -0.2) is 17.9 Å². The van der Waals surface area contributed by atoms with Crippen LogP contribution >= 0.6 is 0 Å². The first-order valence-corrected chi connectivity index (χ1v) is 7.65. The summed E-state index contributed by atoms with van der Waals surface area (Å²) >= 11 is 0. The Morgan fingerprint density at radius 3 is 2.10 bits per heavy atom. The van der Waals surface area contributed by atoms with Crippen LogP contribution in [0.2, 0.25) is 0 Å². The van der Waals surface area contributed by atoms with Gasteiger partial charge in [-0.05, 0) is 39.5 Å². The molecule has 0 unspecified atom stereocenters. The second-order valence-corrected chi connectivity index (χ2v) is 6.34. The number of rotatable bonds is 3. The highest BCUT2D eigenvalue weighted by atomic mass is 16.4. The quantitative estimate of drug-likeness (QED) is 0.796. The average Bonchev–Trinajstić information content (AvgIpc) is 2.42. The van der Waals surface area contributed by atoms with E-state index in [2.05, 4.69) is 5.32 Å². The van der Waals surface area contributed by atoms with Gasteiger partial charge in [-0.3, -0.25) is 4.79 Å². The Hall–Kier alpha value is -1.32. The minimum Gasteiger partial charge on any atom is -0.550 e. The molecule has 1 amide bonds. The number of hydrogen-bond donors (Lipinski definition) is 1. The van der Waals surface area contributed by atoms with Crippen LogP contribution in [0.25, 0.3) is 0 Å². The molecule has 4 nitrogen and oxygen atoms in total. The van der Waals surface area contributed by atoms with Crippen LogP contribution in [0.1, 0.15) is 58.8 Å². The van der Waals surface area contributed by atoms with Crippen molar-refractivity contribution in [1.29, 1.82) is 0 Å². The van der Waals surface area contributed by atoms with Gasteiger partial charge < -0.3 is 15.2 Å². The van der Waals surface area contributed by atoms with Gasteiger partial charge in [0.05, 0.1) is 0 Å². The largest absolute Gasteiger partial charge is 0.550 e. The van der Waals surface area contributed by atoms with Crippen LogP contribution < -0.4 is 10.4 Å². The SMILES string of the molecule is CC1=C(C)C[C@@H](C(=O)NC2CCCCC2)[C@@H](C(=O)[O-])C1. The van der Waals surface area contributed by atoms with Crippen molar-refractivity contribution in [3.8, 4) is 0 Å². The summed E-state index contributed by atoms with van der Waals surface area (Å²) in [5.74, 6) is -2.34. The molecule has 2 rings (SSSR count). The summed E-state index contributed by atoms with van der Waals surface area (Å²) in [6.45, 7) is 3.93. The van der Waals surface area contributed by atoms with Crippen LogP contribution in [0.3, 0.4) is 0 Å². The Balaban J connectivity index is 2.04. The first-order chi connectivity index (χ1) is 9.49. The van der Waals surface area contributed by atoms with Crippen molar-refractivity contribution < 1.29 is 14.7 Å². The first kappa shape index (κ1) is 15.1. The predicted octanol–water partition coefficient (Wildman–Crippen LogP) is 1.55. The van der Waals surface area contributed by atoms with Crippen molar-refractivity contribution in [2.75, 3.05) is 0 Å². The molecule has 1 fully saturated rings. The van der Waals surface area contributed by atoms with E-state index in [0.717, 1.165) is 36.8 Å². The molecule has 0 heterocycles. The molecule has 2 aliphatic carbocycles. The zero-order valence-corrected chi connectivity index (χ0v) is 12.4. The Bertz CT molecular complexity index is 421. The third-order valence-electron chi connectivity index (χ3n) is 4.86. The minimum atomic E-state index is -1.10.